The Kier molecular flexibility index (Phi) is 3.61. The Morgan fingerprint density at radius 2 is 2.04 bits per heavy atom. The maximum atomic E-state index is 4.43. The molecule has 0 heteroatoms. The predicted molar refractivity (Wildman–Crippen MR) is 104 cm³/mol. The molecule has 2 saturated carbocycles. The lowest BCUT2D eigenvalue weighted by Crippen LogP contribution is -2.43. The lowest BCUT2D eigenvalue weighted by atomic mass is 9.52. The van der Waals surface area contributed by atoms with E-state index in [1.165, 1.54) is 43.3 Å². The molecule has 4 rings (SSSR count). The first-order valence-electron chi connectivity index (χ1n) is 9.87. The van der Waals surface area contributed by atoms with E-state index in [1.807, 2.05) is 0 Å². The minimum absolute atomic E-state index is 0.158. The topological polar surface area (TPSA) is 0 Å². The van der Waals surface area contributed by atoms with Gasteiger partial charge in [0.05, 0.1) is 0 Å². The monoisotopic (exact) mass is 320 g/mol. The Labute approximate surface area is 148 Å². The molecule has 3 unspecified atom stereocenters. The summed E-state index contributed by atoms with van der Waals surface area (Å²) in [6.45, 7) is 15.9. The van der Waals surface area contributed by atoms with Gasteiger partial charge in [0, 0.05) is 5.41 Å². The van der Waals surface area contributed by atoms with Gasteiger partial charge >= 0.3 is 0 Å². The molecule has 0 aliphatic heterocycles. The lowest BCUT2D eigenvalue weighted by Gasteiger charge is -2.52. The first kappa shape index (κ1) is 16.2. The van der Waals surface area contributed by atoms with Crippen LogP contribution in [-0.4, -0.2) is 0 Å². The smallest absolute Gasteiger partial charge is 0.0281 e. The normalized spacial score (nSPS) is 43.5. The third-order valence-corrected chi connectivity index (χ3v) is 7.99. The van der Waals surface area contributed by atoms with Gasteiger partial charge in [0.1, 0.15) is 0 Å². The Balaban J connectivity index is 1.73. The second-order valence-corrected chi connectivity index (χ2v) is 9.04. The summed E-state index contributed by atoms with van der Waals surface area (Å²) in [5, 5.41) is 0. The van der Waals surface area contributed by atoms with Crippen molar-refractivity contribution in [1.29, 1.82) is 0 Å². The predicted octanol–water partition coefficient (Wildman–Crippen LogP) is 6.78. The van der Waals surface area contributed by atoms with E-state index in [4.69, 9.17) is 0 Å². The highest BCUT2D eigenvalue weighted by Crippen LogP contribution is 2.65. The summed E-state index contributed by atoms with van der Waals surface area (Å²) in [4.78, 5) is 0. The number of hydrogen-bond donors (Lipinski definition) is 0. The van der Waals surface area contributed by atoms with Gasteiger partial charge in [-0.25, -0.2) is 0 Å². The molecule has 2 fully saturated rings. The van der Waals surface area contributed by atoms with Crippen LogP contribution in [0.25, 0.3) is 0 Å². The van der Waals surface area contributed by atoms with Crippen LogP contribution in [0.5, 0.6) is 0 Å². The van der Waals surface area contributed by atoms with Crippen molar-refractivity contribution in [2.45, 2.75) is 59.3 Å². The fourth-order valence-corrected chi connectivity index (χ4v) is 6.51. The molecular formula is C24H32. The van der Waals surface area contributed by atoms with Gasteiger partial charge in [0.25, 0.3) is 0 Å². The van der Waals surface area contributed by atoms with Crippen molar-refractivity contribution in [3.05, 3.63) is 59.8 Å². The third kappa shape index (κ3) is 2.04. The Bertz CT molecular complexity index is 685. The maximum Gasteiger partial charge on any atom is 0.0281 e. The van der Waals surface area contributed by atoms with E-state index in [9.17, 15) is 0 Å². The van der Waals surface area contributed by atoms with Gasteiger partial charge in [-0.05, 0) is 74.2 Å². The van der Waals surface area contributed by atoms with Crippen LogP contribution in [0.15, 0.2) is 59.8 Å². The molecule has 128 valence electrons. The minimum atomic E-state index is 0.158. The SMILES string of the molecule is C=C1C=C[C@@]2(C)C(=C1)CCC1C2=CC[C@]2(C)C(C(=C)CC)CCC12. The summed E-state index contributed by atoms with van der Waals surface area (Å²) < 4.78 is 0. The molecule has 0 spiro atoms. The largest absolute Gasteiger partial charge is 0.0996 e. The molecule has 4 aliphatic carbocycles. The van der Waals surface area contributed by atoms with Crippen LogP contribution in [0.3, 0.4) is 0 Å². The second-order valence-electron chi connectivity index (χ2n) is 9.04. The Hall–Kier alpha value is -1.30. The first-order chi connectivity index (χ1) is 11.4. The summed E-state index contributed by atoms with van der Waals surface area (Å²) in [5.41, 5.74) is 6.57. The van der Waals surface area contributed by atoms with Gasteiger partial charge in [-0.15, -0.1) is 0 Å². The molecular weight excluding hydrogens is 288 g/mol. The molecule has 0 heterocycles. The van der Waals surface area contributed by atoms with Crippen LogP contribution in [-0.2, 0) is 0 Å². The molecule has 0 aromatic heterocycles. The van der Waals surface area contributed by atoms with E-state index in [2.05, 4.69) is 58.2 Å². The van der Waals surface area contributed by atoms with Crippen LogP contribution in [0.1, 0.15) is 59.3 Å². The fourth-order valence-electron chi connectivity index (χ4n) is 6.51. The summed E-state index contributed by atoms with van der Waals surface area (Å²) in [6, 6.07) is 0. The summed E-state index contributed by atoms with van der Waals surface area (Å²) in [5.74, 6) is 2.36. The molecule has 0 aromatic carbocycles. The average molecular weight is 321 g/mol. The molecule has 0 radical (unpaired) electrons. The fraction of sp³-hybridized carbons (Fsp3) is 0.583. The molecule has 0 amide bonds. The quantitative estimate of drug-likeness (QED) is 0.492. The zero-order valence-corrected chi connectivity index (χ0v) is 15.7. The van der Waals surface area contributed by atoms with E-state index in [0.29, 0.717) is 5.41 Å². The van der Waals surface area contributed by atoms with Crippen LogP contribution in [0, 0.1) is 28.6 Å². The van der Waals surface area contributed by atoms with Crippen molar-refractivity contribution < 1.29 is 0 Å². The standard InChI is InChI=1S/C24H32/c1-6-17(3)20-9-10-21-19-8-7-18-15-16(2)11-13-23(18,4)22(19)12-14-24(20,21)5/h11-13,15,19-21H,2-3,6-10,14H2,1,4-5H3/t19?,20?,21?,23-,24+/m0/s1. The molecule has 0 nitrogen and oxygen atoms in total. The lowest BCUT2D eigenvalue weighted by molar-refractivity contribution is 0.104. The highest BCUT2D eigenvalue weighted by atomic mass is 14.6. The van der Waals surface area contributed by atoms with Crippen molar-refractivity contribution in [2.75, 3.05) is 0 Å². The van der Waals surface area contributed by atoms with E-state index in [-0.39, 0.29) is 5.41 Å². The highest BCUT2D eigenvalue weighted by molar-refractivity contribution is 5.50. The van der Waals surface area contributed by atoms with Gasteiger partial charge in [-0.3, -0.25) is 0 Å². The van der Waals surface area contributed by atoms with Crippen molar-refractivity contribution in [1.82, 2.24) is 0 Å². The third-order valence-electron chi connectivity index (χ3n) is 7.99. The van der Waals surface area contributed by atoms with Gasteiger partial charge < -0.3 is 0 Å². The first-order valence-corrected chi connectivity index (χ1v) is 9.87. The van der Waals surface area contributed by atoms with Gasteiger partial charge in [0.2, 0.25) is 0 Å². The van der Waals surface area contributed by atoms with Crippen molar-refractivity contribution >= 4 is 0 Å². The zero-order chi connectivity index (χ0) is 17.1. The van der Waals surface area contributed by atoms with E-state index < -0.39 is 0 Å². The zero-order valence-electron chi connectivity index (χ0n) is 15.7. The van der Waals surface area contributed by atoms with E-state index >= 15 is 0 Å². The molecule has 0 N–H and O–H groups in total. The van der Waals surface area contributed by atoms with Crippen LogP contribution < -0.4 is 0 Å². The summed E-state index contributed by atoms with van der Waals surface area (Å²) >= 11 is 0. The van der Waals surface area contributed by atoms with E-state index in [0.717, 1.165) is 24.2 Å². The molecule has 0 bridgehead atoms. The van der Waals surface area contributed by atoms with Crippen molar-refractivity contribution in [3.63, 3.8) is 0 Å². The van der Waals surface area contributed by atoms with Crippen LogP contribution in [0.2, 0.25) is 0 Å². The Morgan fingerprint density at radius 3 is 2.79 bits per heavy atom. The highest BCUT2D eigenvalue weighted by Gasteiger charge is 2.55. The van der Waals surface area contributed by atoms with Crippen molar-refractivity contribution in [3.8, 4) is 0 Å². The van der Waals surface area contributed by atoms with Crippen LogP contribution in [0.4, 0.5) is 0 Å². The number of allylic oxidation sites excluding steroid dienone is 8. The van der Waals surface area contributed by atoms with Crippen molar-refractivity contribution in [2.24, 2.45) is 28.6 Å². The van der Waals surface area contributed by atoms with Crippen LogP contribution >= 0.6 is 0 Å². The minimum Gasteiger partial charge on any atom is -0.0996 e. The Morgan fingerprint density at radius 1 is 1.25 bits per heavy atom. The van der Waals surface area contributed by atoms with Gasteiger partial charge in [-0.2, -0.15) is 0 Å². The number of hydrogen-bond acceptors (Lipinski definition) is 0. The second kappa shape index (κ2) is 5.35. The molecule has 5 atom stereocenters. The average Bonchev–Trinajstić information content (AvgIpc) is 2.92. The molecule has 0 saturated heterocycles. The van der Waals surface area contributed by atoms with E-state index in [1.54, 1.807) is 11.1 Å². The number of rotatable bonds is 2. The van der Waals surface area contributed by atoms with Gasteiger partial charge in [0.15, 0.2) is 0 Å². The molecule has 24 heavy (non-hydrogen) atoms. The molecule has 4 aliphatic rings. The molecule has 0 aromatic rings. The summed E-state index contributed by atoms with van der Waals surface area (Å²) in [7, 11) is 0. The number of fused-ring (bicyclic) bond motifs is 5. The maximum absolute atomic E-state index is 4.43. The summed E-state index contributed by atoms with van der Waals surface area (Å²) in [6.07, 6.45) is 17.4. The van der Waals surface area contributed by atoms with Gasteiger partial charge in [-0.1, -0.05) is 68.0 Å².